The molecule has 1 fully saturated rings. The van der Waals surface area contributed by atoms with E-state index < -0.39 is 8.32 Å². The minimum atomic E-state index is -1.75. The number of hydrogen-bond donors (Lipinski definition) is 0. The summed E-state index contributed by atoms with van der Waals surface area (Å²) < 4.78 is 6.99. The first-order valence-corrected chi connectivity index (χ1v) is 15.2. The van der Waals surface area contributed by atoms with Crippen LogP contribution in [0.15, 0.2) is 29.0 Å². The molecule has 0 amide bonds. The summed E-state index contributed by atoms with van der Waals surface area (Å²) in [6.07, 6.45) is 13.4. The van der Waals surface area contributed by atoms with Gasteiger partial charge in [0.25, 0.3) is 0 Å². The van der Waals surface area contributed by atoms with Crippen LogP contribution in [0.5, 0.6) is 0 Å². The third-order valence-corrected chi connectivity index (χ3v) is 12.7. The van der Waals surface area contributed by atoms with E-state index >= 15 is 0 Å². The van der Waals surface area contributed by atoms with Crippen molar-refractivity contribution in [2.45, 2.75) is 112 Å². The molecule has 0 heterocycles. The lowest BCUT2D eigenvalue weighted by atomic mass is 9.63. The van der Waals surface area contributed by atoms with E-state index in [1.165, 1.54) is 25.7 Å². The van der Waals surface area contributed by atoms with Crippen molar-refractivity contribution >= 4 is 14.0 Å². The topological polar surface area (TPSA) is 30.8 Å². The van der Waals surface area contributed by atoms with Gasteiger partial charge in [-0.25, -0.2) is 0 Å². The summed E-state index contributed by atoms with van der Waals surface area (Å²) in [5.74, 6) is 1.18. The molecule has 2 aliphatic carbocycles. The fraction of sp³-hybridized carbons (Fsp3) is 0.815. The first-order valence-electron chi connectivity index (χ1n) is 12.3. The first-order chi connectivity index (χ1) is 14.1. The molecular weight excluding hydrogens is 398 g/mol. The van der Waals surface area contributed by atoms with Crippen molar-refractivity contribution in [2.75, 3.05) is 7.11 Å². The minimum absolute atomic E-state index is 0.0167. The quantitative estimate of drug-likeness (QED) is 0.171. The second-order valence-corrected chi connectivity index (χ2v) is 17.4. The van der Waals surface area contributed by atoms with Crippen LogP contribution in [0, 0.1) is 22.7 Å². The number of fused-ring (bicyclic) bond motifs is 1. The molecule has 3 nitrogen and oxygen atoms in total. The number of hydrogen-bond acceptors (Lipinski definition) is 3. The molecule has 31 heavy (non-hydrogen) atoms. The van der Waals surface area contributed by atoms with Gasteiger partial charge in [-0.15, -0.1) is 0 Å². The number of rotatable bonds is 7. The van der Waals surface area contributed by atoms with Crippen LogP contribution in [0.25, 0.3) is 0 Å². The van der Waals surface area contributed by atoms with Crippen molar-refractivity contribution in [1.29, 1.82) is 0 Å². The predicted molar refractivity (Wildman–Crippen MR) is 137 cm³/mol. The summed E-state index contributed by atoms with van der Waals surface area (Å²) in [6.45, 7) is 23.3. The maximum Gasteiger partial charge on any atom is 0.192 e. The maximum atomic E-state index is 6.99. The van der Waals surface area contributed by atoms with Gasteiger partial charge in [-0.2, -0.15) is 0 Å². The van der Waals surface area contributed by atoms with Gasteiger partial charge < -0.3 is 9.26 Å². The SMILES string of the molecule is CON=C(C=CCC(C)C1=CCC2C(O[Si](C)(C)C(C)(C)C)CCCC12C)C(C)(C)C. The van der Waals surface area contributed by atoms with Crippen molar-refractivity contribution in [3.8, 4) is 0 Å². The summed E-state index contributed by atoms with van der Waals surface area (Å²) in [6, 6.07) is 0. The third kappa shape index (κ3) is 5.93. The van der Waals surface area contributed by atoms with Gasteiger partial charge in [0.1, 0.15) is 7.11 Å². The van der Waals surface area contributed by atoms with Crippen molar-refractivity contribution in [2.24, 2.45) is 27.8 Å². The minimum Gasteiger partial charge on any atom is -0.414 e. The van der Waals surface area contributed by atoms with E-state index in [2.05, 4.69) is 91.9 Å². The molecule has 0 aromatic carbocycles. The molecular formula is C27H49NO2Si. The molecule has 0 bridgehead atoms. The maximum absolute atomic E-state index is 6.99. The molecule has 178 valence electrons. The molecule has 0 N–H and O–H groups in total. The molecule has 2 rings (SSSR count). The second kappa shape index (κ2) is 9.55. The zero-order valence-corrected chi connectivity index (χ0v) is 23.3. The lowest BCUT2D eigenvalue weighted by molar-refractivity contribution is 0.0162. The number of oxime groups is 1. The standard InChI is InChI=1S/C27H49NO2Si/c1-20(14-12-16-24(28-29-9)25(2,3)4)21-17-18-22-23(15-13-19-27(21,22)8)30-31(10,11)26(5,6)7/h12,16-17,20,22-23H,13-15,18-19H2,1-11H3. The molecule has 1 saturated carbocycles. The van der Waals surface area contributed by atoms with Crippen LogP contribution < -0.4 is 0 Å². The van der Waals surface area contributed by atoms with Gasteiger partial charge in [0.2, 0.25) is 0 Å². The Morgan fingerprint density at radius 2 is 1.90 bits per heavy atom. The van der Waals surface area contributed by atoms with Crippen LogP contribution in [0.2, 0.25) is 18.1 Å². The zero-order chi connectivity index (χ0) is 23.7. The predicted octanol–water partition coefficient (Wildman–Crippen LogP) is 8.14. The molecule has 0 aromatic heterocycles. The Morgan fingerprint density at radius 3 is 2.45 bits per heavy atom. The Balaban J connectivity index is 2.11. The van der Waals surface area contributed by atoms with Crippen LogP contribution in [0.1, 0.15) is 87.5 Å². The highest BCUT2D eigenvalue weighted by molar-refractivity contribution is 6.74. The van der Waals surface area contributed by atoms with E-state index in [1.54, 1.807) is 12.7 Å². The Hall–Kier alpha value is -0.873. The average molecular weight is 448 g/mol. The van der Waals surface area contributed by atoms with Gasteiger partial charge in [0, 0.05) is 11.5 Å². The molecule has 0 aliphatic heterocycles. The normalized spacial score (nSPS) is 29.1. The fourth-order valence-corrected chi connectivity index (χ4v) is 6.60. The van der Waals surface area contributed by atoms with E-state index in [0.29, 0.717) is 17.9 Å². The molecule has 4 unspecified atom stereocenters. The van der Waals surface area contributed by atoms with Gasteiger partial charge in [-0.05, 0) is 67.1 Å². The highest BCUT2D eigenvalue weighted by Crippen LogP contribution is 2.56. The summed E-state index contributed by atoms with van der Waals surface area (Å²) in [5, 5.41) is 4.50. The van der Waals surface area contributed by atoms with Crippen LogP contribution in [0.3, 0.4) is 0 Å². The Labute approximate surface area is 193 Å². The monoisotopic (exact) mass is 447 g/mol. The van der Waals surface area contributed by atoms with Crippen molar-refractivity contribution in [3.05, 3.63) is 23.8 Å². The van der Waals surface area contributed by atoms with Gasteiger partial charge >= 0.3 is 0 Å². The van der Waals surface area contributed by atoms with E-state index in [9.17, 15) is 0 Å². The largest absolute Gasteiger partial charge is 0.414 e. The summed E-state index contributed by atoms with van der Waals surface area (Å²) in [4.78, 5) is 5.06. The van der Waals surface area contributed by atoms with E-state index in [-0.39, 0.29) is 15.9 Å². The molecule has 0 radical (unpaired) electrons. The zero-order valence-electron chi connectivity index (χ0n) is 22.3. The van der Waals surface area contributed by atoms with Gasteiger partial charge in [-0.3, -0.25) is 0 Å². The lowest BCUT2D eigenvalue weighted by Crippen LogP contribution is -2.49. The van der Waals surface area contributed by atoms with Crippen molar-refractivity contribution in [1.82, 2.24) is 0 Å². The van der Waals surface area contributed by atoms with Gasteiger partial charge in [0.05, 0.1) is 5.71 Å². The van der Waals surface area contributed by atoms with E-state index in [1.807, 2.05) is 0 Å². The highest BCUT2D eigenvalue weighted by atomic mass is 28.4. The first kappa shape index (κ1) is 26.4. The van der Waals surface area contributed by atoms with Crippen molar-refractivity contribution < 1.29 is 9.26 Å². The molecule has 2 aliphatic rings. The van der Waals surface area contributed by atoms with Crippen LogP contribution >= 0.6 is 0 Å². The lowest BCUT2D eigenvalue weighted by Gasteiger charge is -2.49. The highest BCUT2D eigenvalue weighted by Gasteiger charge is 2.51. The Kier molecular flexibility index (Phi) is 8.12. The summed E-state index contributed by atoms with van der Waals surface area (Å²) >= 11 is 0. The summed E-state index contributed by atoms with van der Waals surface area (Å²) in [7, 11) is -0.130. The Morgan fingerprint density at radius 1 is 1.26 bits per heavy atom. The molecule has 4 heteroatoms. The smallest absolute Gasteiger partial charge is 0.192 e. The van der Waals surface area contributed by atoms with Crippen LogP contribution in [-0.4, -0.2) is 27.2 Å². The van der Waals surface area contributed by atoms with Gasteiger partial charge in [0.15, 0.2) is 8.32 Å². The third-order valence-electron chi connectivity index (χ3n) is 8.21. The van der Waals surface area contributed by atoms with Gasteiger partial charge in [-0.1, -0.05) is 84.7 Å². The molecule has 0 spiro atoms. The number of nitrogens with zero attached hydrogens (tertiary/aromatic N) is 1. The number of allylic oxidation sites excluding steroid dienone is 4. The Bertz CT molecular complexity index is 708. The molecule has 0 aromatic rings. The second-order valence-electron chi connectivity index (χ2n) is 12.7. The van der Waals surface area contributed by atoms with Crippen molar-refractivity contribution in [3.63, 3.8) is 0 Å². The van der Waals surface area contributed by atoms with E-state index in [0.717, 1.165) is 12.1 Å². The molecule has 0 saturated heterocycles. The van der Waals surface area contributed by atoms with Crippen LogP contribution in [-0.2, 0) is 9.26 Å². The van der Waals surface area contributed by atoms with E-state index in [4.69, 9.17) is 9.26 Å². The average Bonchev–Trinajstić information content (AvgIpc) is 2.97. The van der Waals surface area contributed by atoms with Crippen LogP contribution in [0.4, 0.5) is 0 Å². The summed E-state index contributed by atoms with van der Waals surface area (Å²) in [5.41, 5.74) is 2.92. The fourth-order valence-electron chi connectivity index (χ4n) is 5.21. The molecule has 4 atom stereocenters.